The molecule has 1 heterocycles. The Morgan fingerprint density at radius 2 is 1.73 bits per heavy atom. The average molecular weight is 432 g/mol. The first-order chi connectivity index (χ1) is 14.4. The third kappa shape index (κ3) is 6.21. The zero-order chi connectivity index (χ0) is 21.5. The number of nitrogens with one attached hydrogen (secondary N) is 1. The molecule has 2 aromatic carbocycles. The van der Waals surface area contributed by atoms with Crippen LogP contribution in [-0.2, 0) is 27.1 Å². The van der Waals surface area contributed by atoms with E-state index in [9.17, 15) is 9.59 Å². The summed E-state index contributed by atoms with van der Waals surface area (Å²) in [6.07, 6.45) is -0.248. The molecule has 0 spiro atoms. The fourth-order valence-corrected chi connectivity index (χ4v) is 3.99. The lowest BCUT2D eigenvalue weighted by Crippen LogP contribution is -2.45. The van der Waals surface area contributed by atoms with Crippen molar-refractivity contribution in [3.63, 3.8) is 0 Å². The Hall–Kier alpha value is -2.57. The van der Waals surface area contributed by atoms with Crippen molar-refractivity contribution < 1.29 is 24.2 Å². The van der Waals surface area contributed by atoms with Gasteiger partial charge in [0.25, 0.3) is 0 Å². The summed E-state index contributed by atoms with van der Waals surface area (Å²) < 4.78 is 11.5. The number of cyclic esters (lactones) is 1. The van der Waals surface area contributed by atoms with Crippen molar-refractivity contribution >= 4 is 23.7 Å². The van der Waals surface area contributed by atoms with Gasteiger partial charge in [0, 0.05) is 10.9 Å². The van der Waals surface area contributed by atoms with Crippen molar-refractivity contribution in [2.75, 3.05) is 13.2 Å². The summed E-state index contributed by atoms with van der Waals surface area (Å²) in [7, 11) is 0. The molecule has 1 amide bonds. The average Bonchev–Trinajstić information content (AvgIpc) is 2.76. The number of rotatable bonds is 5. The maximum Gasteiger partial charge on any atom is 0.405 e. The molecule has 1 saturated heterocycles. The summed E-state index contributed by atoms with van der Waals surface area (Å²) in [6, 6.07) is 16.7. The minimum absolute atomic E-state index is 0.00407. The van der Waals surface area contributed by atoms with E-state index >= 15 is 0 Å². The van der Waals surface area contributed by atoms with Crippen LogP contribution in [0.25, 0.3) is 0 Å². The fourth-order valence-electron chi connectivity index (χ4n) is 3.87. The van der Waals surface area contributed by atoms with Gasteiger partial charge in [0.05, 0.1) is 13.2 Å². The Labute approximate surface area is 181 Å². The molecule has 30 heavy (non-hydrogen) atoms. The van der Waals surface area contributed by atoms with Crippen LogP contribution in [0.1, 0.15) is 18.1 Å². The van der Waals surface area contributed by atoms with Gasteiger partial charge in [-0.05, 0) is 48.9 Å². The van der Waals surface area contributed by atoms with E-state index in [1.165, 1.54) is 0 Å². The quantitative estimate of drug-likeness (QED) is 0.700. The first-order valence-electron chi connectivity index (χ1n) is 9.98. The van der Waals surface area contributed by atoms with Crippen LogP contribution in [0.15, 0.2) is 54.6 Å². The number of ether oxygens (including phenoxy) is 2. The van der Waals surface area contributed by atoms with E-state index in [-0.39, 0.29) is 18.4 Å². The molecule has 0 saturated carbocycles. The standard InChI is InChI=1S/C23H26ClNO5/c1-15-20(12-16-5-3-2-4-6-16)18(11-17-7-9-19(24)10-8-17)13-29-14-21(22(26)30-15)25-23(27)28/h2-10,15,18,20-21,25H,11-14H2,1H3,(H,27,28)/t15-,18-,20-,21-/m0/s1. The second kappa shape index (κ2) is 10.5. The first-order valence-corrected chi connectivity index (χ1v) is 10.4. The number of amides is 1. The lowest BCUT2D eigenvalue weighted by molar-refractivity contribution is -0.153. The van der Waals surface area contributed by atoms with Gasteiger partial charge in [0.2, 0.25) is 0 Å². The third-order valence-corrected chi connectivity index (χ3v) is 5.69. The largest absolute Gasteiger partial charge is 0.465 e. The van der Waals surface area contributed by atoms with Gasteiger partial charge in [-0.3, -0.25) is 0 Å². The molecular weight excluding hydrogens is 406 g/mol. The van der Waals surface area contributed by atoms with Gasteiger partial charge in [0.15, 0.2) is 6.04 Å². The van der Waals surface area contributed by atoms with Crippen LogP contribution in [0.5, 0.6) is 0 Å². The summed E-state index contributed by atoms with van der Waals surface area (Å²) in [6.45, 7) is 2.19. The number of carbonyl (C=O) groups excluding carboxylic acids is 1. The molecule has 1 aliphatic rings. The van der Waals surface area contributed by atoms with Crippen LogP contribution in [0.2, 0.25) is 5.02 Å². The van der Waals surface area contributed by atoms with E-state index in [0.29, 0.717) is 18.1 Å². The van der Waals surface area contributed by atoms with Crippen LogP contribution in [-0.4, -0.2) is 42.5 Å². The van der Waals surface area contributed by atoms with Gasteiger partial charge in [-0.15, -0.1) is 0 Å². The maximum absolute atomic E-state index is 12.5. The second-order valence-electron chi connectivity index (χ2n) is 7.63. The summed E-state index contributed by atoms with van der Waals surface area (Å²) in [5, 5.41) is 11.9. The van der Waals surface area contributed by atoms with Crippen molar-refractivity contribution in [2.24, 2.45) is 11.8 Å². The van der Waals surface area contributed by atoms with E-state index in [4.69, 9.17) is 26.2 Å². The summed E-state index contributed by atoms with van der Waals surface area (Å²) in [5.74, 6) is -0.552. The Balaban J connectivity index is 1.85. The second-order valence-corrected chi connectivity index (χ2v) is 8.06. The van der Waals surface area contributed by atoms with E-state index < -0.39 is 24.2 Å². The van der Waals surface area contributed by atoms with Crippen molar-refractivity contribution in [2.45, 2.75) is 31.9 Å². The molecule has 4 atom stereocenters. The van der Waals surface area contributed by atoms with Gasteiger partial charge in [-0.25, -0.2) is 9.59 Å². The molecule has 2 N–H and O–H groups in total. The minimum atomic E-state index is -1.29. The van der Waals surface area contributed by atoms with E-state index in [0.717, 1.165) is 17.5 Å². The van der Waals surface area contributed by atoms with Crippen LogP contribution >= 0.6 is 11.6 Å². The smallest absolute Gasteiger partial charge is 0.405 e. The van der Waals surface area contributed by atoms with Gasteiger partial charge in [-0.1, -0.05) is 54.1 Å². The van der Waals surface area contributed by atoms with Gasteiger partial charge in [0.1, 0.15) is 6.10 Å². The highest BCUT2D eigenvalue weighted by Crippen LogP contribution is 2.29. The SMILES string of the molecule is C[C@@H]1OC(=O)[C@@H](NC(=O)O)COC[C@H](Cc2ccc(Cl)cc2)[C@H]1Cc1ccccc1. The highest BCUT2D eigenvalue weighted by atomic mass is 35.5. The molecule has 1 aliphatic heterocycles. The molecule has 0 bridgehead atoms. The lowest BCUT2D eigenvalue weighted by atomic mass is 9.80. The predicted molar refractivity (Wildman–Crippen MR) is 114 cm³/mol. The van der Waals surface area contributed by atoms with Gasteiger partial charge < -0.3 is 19.9 Å². The van der Waals surface area contributed by atoms with Crippen molar-refractivity contribution in [3.05, 3.63) is 70.7 Å². The molecule has 6 nitrogen and oxygen atoms in total. The molecule has 160 valence electrons. The predicted octanol–water partition coefficient (Wildman–Crippen LogP) is 3.96. The lowest BCUT2D eigenvalue weighted by Gasteiger charge is -2.31. The molecule has 0 aliphatic carbocycles. The summed E-state index contributed by atoms with van der Waals surface area (Å²) >= 11 is 6.02. The Bertz CT molecular complexity index is 842. The number of carbonyl (C=O) groups is 2. The summed E-state index contributed by atoms with van der Waals surface area (Å²) in [5.41, 5.74) is 2.26. The van der Waals surface area contributed by atoms with Crippen molar-refractivity contribution in [3.8, 4) is 0 Å². The number of esters is 1. The fraction of sp³-hybridized carbons (Fsp3) is 0.391. The Morgan fingerprint density at radius 1 is 1.07 bits per heavy atom. The number of carboxylic acid groups (broad SMARTS) is 1. The molecular formula is C23H26ClNO5. The third-order valence-electron chi connectivity index (χ3n) is 5.43. The molecule has 3 rings (SSSR count). The number of benzene rings is 2. The number of hydrogen-bond acceptors (Lipinski definition) is 4. The molecule has 0 unspecified atom stereocenters. The molecule has 2 aromatic rings. The molecule has 1 fully saturated rings. The van der Waals surface area contributed by atoms with Crippen molar-refractivity contribution in [1.29, 1.82) is 0 Å². The van der Waals surface area contributed by atoms with Gasteiger partial charge >= 0.3 is 12.1 Å². The Kier molecular flexibility index (Phi) is 7.71. The first kappa shape index (κ1) is 22.1. The maximum atomic E-state index is 12.5. The molecule has 0 aromatic heterocycles. The van der Waals surface area contributed by atoms with Crippen LogP contribution in [0.3, 0.4) is 0 Å². The Morgan fingerprint density at radius 3 is 2.40 bits per heavy atom. The number of hydrogen-bond donors (Lipinski definition) is 2. The van der Waals surface area contributed by atoms with Crippen LogP contribution in [0, 0.1) is 11.8 Å². The van der Waals surface area contributed by atoms with E-state index in [1.807, 2.05) is 49.4 Å². The normalized spacial score (nSPS) is 24.8. The highest BCUT2D eigenvalue weighted by Gasteiger charge is 2.34. The van der Waals surface area contributed by atoms with E-state index in [2.05, 4.69) is 17.4 Å². The number of halogens is 1. The van der Waals surface area contributed by atoms with Gasteiger partial charge in [-0.2, -0.15) is 0 Å². The molecule has 7 heteroatoms. The van der Waals surface area contributed by atoms with E-state index in [1.54, 1.807) is 0 Å². The minimum Gasteiger partial charge on any atom is -0.465 e. The zero-order valence-corrected chi connectivity index (χ0v) is 17.5. The summed E-state index contributed by atoms with van der Waals surface area (Å²) in [4.78, 5) is 23.6. The highest BCUT2D eigenvalue weighted by molar-refractivity contribution is 6.30. The van der Waals surface area contributed by atoms with Crippen LogP contribution in [0.4, 0.5) is 4.79 Å². The monoisotopic (exact) mass is 431 g/mol. The topological polar surface area (TPSA) is 84.9 Å². The zero-order valence-electron chi connectivity index (χ0n) is 16.8. The molecule has 0 radical (unpaired) electrons. The van der Waals surface area contributed by atoms with Crippen molar-refractivity contribution in [1.82, 2.24) is 5.32 Å². The van der Waals surface area contributed by atoms with Crippen LogP contribution < -0.4 is 5.32 Å².